The molecular weight excluding hydrogens is 414 g/mol. The molecule has 3 rings (SSSR count). The molecule has 2 aromatic carbocycles. The van der Waals surface area contributed by atoms with Gasteiger partial charge in [-0.1, -0.05) is 46.3 Å². The van der Waals surface area contributed by atoms with Gasteiger partial charge in [-0.05, 0) is 37.6 Å². The fraction of sp³-hybridized carbons (Fsp3) is 0.200. The van der Waals surface area contributed by atoms with Crippen molar-refractivity contribution in [2.24, 2.45) is 0 Å². The average molecular weight is 432 g/mol. The second kappa shape index (κ2) is 7.60. The van der Waals surface area contributed by atoms with Gasteiger partial charge in [0.05, 0.1) is 11.3 Å². The predicted molar refractivity (Wildman–Crippen MR) is 107 cm³/mol. The number of hydrogen-bond acceptors (Lipinski definition) is 4. The minimum absolute atomic E-state index is 0.453. The van der Waals surface area contributed by atoms with Crippen molar-refractivity contribution in [2.45, 2.75) is 25.9 Å². The van der Waals surface area contributed by atoms with Gasteiger partial charge in [0.1, 0.15) is 22.8 Å². The minimum Gasteiger partial charge on any atom is -0.488 e. The summed E-state index contributed by atoms with van der Waals surface area (Å²) in [6.45, 7) is 3.76. The molecule has 4 nitrogen and oxygen atoms in total. The van der Waals surface area contributed by atoms with Crippen LogP contribution in [0.3, 0.4) is 0 Å². The maximum Gasteiger partial charge on any atom is 0.315 e. The molecule has 1 aromatic heterocycles. The molecule has 3 aromatic rings. The number of carbonyl (C=O) groups is 1. The molecule has 0 saturated heterocycles. The first-order chi connectivity index (χ1) is 12.4. The van der Waals surface area contributed by atoms with E-state index < -0.39 is 11.4 Å². The molecule has 0 spiro atoms. The van der Waals surface area contributed by atoms with E-state index in [1.165, 1.54) is 11.3 Å². The third-order valence-corrected chi connectivity index (χ3v) is 5.46. The zero-order chi connectivity index (χ0) is 18.7. The summed E-state index contributed by atoms with van der Waals surface area (Å²) in [5.74, 6) is -0.185. The maximum absolute atomic E-state index is 11.5. The normalized spacial score (nSPS) is 11.3. The molecule has 134 valence electrons. The van der Waals surface area contributed by atoms with E-state index in [9.17, 15) is 9.90 Å². The van der Waals surface area contributed by atoms with Crippen LogP contribution in [-0.2, 0) is 16.8 Å². The molecule has 26 heavy (non-hydrogen) atoms. The Balaban J connectivity index is 1.91. The van der Waals surface area contributed by atoms with Crippen molar-refractivity contribution >= 4 is 33.2 Å². The quantitative estimate of drug-likeness (QED) is 0.558. The Morgan fingerprint density at radius 3 is 2.65 bits per heavy atom. The van der Waals surface area contributed by atoms with E-state index in [-0.39, 0.29) is 0 Å². The van der Waals surface area contributed by atoms with Crippen LogP contribution >= 0.6 is 27.3 Å². The molecule has 0 aliphatic heterocycles. The largest absolute Gasteiger partial charge is 0.488 e. The smallest absolute Gasteiger partial charge is 0.315 e. The Labute approximate surface area is 164 Å². The summed E-state index contributed by atoms with van der Waals surface area (Å²) in [5.41, 5.74) is 1.42. The molecule has 0 aliphatic rings. The van der Waals surface area contributed by atoms with Crippen LogP contribution in [0.25, 0.3) is 10.6 Å². The molecule has 0 amide bonds. The number of carboxylic acid groups (broad SMARTS) is 1. The first-order valence-corrected chi connectivity index (χ1v) is 9.71. The van der Waals surface area contributed by atoms with E-state index in [2.05, 4.69) is 20.9 Å². The van der Waals surface area contributed by atoms with Crippen LogP contribution < -0.4 is 4.74 Å². The lowest BCUT2D eigenvalue weighted by atomic mass is 9.90. The molecule has 0 radical (unpaired) electrons. The van der Waals surface area contributed by atoms with Gasteiger partial charge in [-0.2, -0.15) is 0 Å². The van der Waals surface area contributed by atoms with Gasteiger partial charge in [0.25, 0.3) is 0 Å². The third kappa shape index (κ3) is 3.97. The molecule has 0 aliphatic carbocycles. The van der Waals surface area contributed by atoms with E-state index in [4.69, 9.17) is 4.74 Å². The van der Waals surface area contributed by atoms with Gasteiger partial charge in [0.15, 0.2) is 0 Å². The Morgan fingerprint density at radius 1 is 1.23 bits per heavy atom. The summed E-state index contributed by atoms with van der Waals surface area (Å²) < 4.78 is 6.92. The van der Waals surface area contributed by atoms with Crippen LogP contribution in [-0.4, -0.2) is 16.1 Å². The number of aliphatic carboxylic acids is 1. The van der Waals surface area contributed by atoms with Gasteiger partial charge in [-0.3, -0.25) is 4.79 Å². The Morgan fingerprint density at radius 2 is 1.96 bits per heavy atom. The number of aromatic nitrogens is 1. The highest BCUT2D eigenvalue weighted by Gasteiger charge is 2.32. The zero-order valence-corrected chi connectivity index (χ0v) is 16.8. The topological polar surface area (TPSA) is 59.4 Å². The predicted octanol–water partition coefficient (Wildman–Crippen LogP) is 5.51. The highest BCUT2D eigenvalue weighted by atomic mass is 79.9. The molecule has 1 N–H and O–H groups in total. The molecule has 0 atom stereocenters. The maximum atomic E-state index is 11.5. The number of benzene rings is 2. The van der Waals surface area contributed by atoms with Gasteiger partial charge >= 0.3 is 5.97 Å². The molecule has 0 fully saturated rings. The van der Waals surface area contributed by atoms with Crippen molar-refractivity contribution in [3.05, 3.63) is 69.6 Å². The van der Waals surface area contributed by atoms with E-state index in [0.29, 0.717) is 18.1 Å². The fourth-order valence-corrected chi connectivity index (χ4v) is 3.69. The van der Waals surface area contributed by atoms with Gasteiger partial charge in [0.2, 0.25) is 0 Å². The summed E-state index contributed by atoms with van der Waals surface area (Å²) in [4.78, 5) is 16.0. The van der Waals surface area contributed by atoms with Crippen molar-refractivity contribution in [1.29, 1.82) is 0 Å². The van der Waals surface area contributed by atoms with E-state index in [0.717, 1.165) is 20.6 Å². The molecule has 6 heteroatoms. The van der Waals surface area contributed by atoms with Crippen molar-refractivity contribution in [1.82, 2.24) is 4.98 Å². The molecule has 0 unspecified atom stereocenters. The average Bonchev–Trinajstić information content (AvgIpc) is 3.12. The fourth-order valence-electron chi connectivity index (χ4n) is 2.32. The van der Waals surface area contributed by atoms with Crippen molar-refractivity contribution in [3.63, 3.8) is 0 Å². The molecular formula is C20H18BrNO3S. The first kappa shape index (κ1) is 18.6. The van der Waals surface area contributed by atoms with E-state index in [1.54, 1.807) is 19.2 Å². The van der Waals surface area contributed by atoms with Crippen LogP contribution in [0.2, 0.25) is 0 Å². The number of carboxylic acids is 1. The number of hydrogen-bond donors (Lipinski definition) is 1. The summed E-state index contributed by atoms with van der Waals surface area (Å²) in [6.07, 6.45) is 0. The van der Waals surface area contributed by atoms with Crippen molar-refractivity contribution in [2.75, 3.05) is 0 Å². The van der Waals surface area contributed by atoms with Crippen LogP contribution in [0, 0.1) is 0 Å². The van der Waals surface area contributed by atoms with Gasteiger partial charge in [0, 0.05) is 9.85 Å². The summed E-state index contributed by atoms with van der Waals surface area (Å²) in [6, 6.07) is 15.7. The minimum atomic E-state index is -1.04. The third-order valence-electron chi connectivity index (χ3n) is 4.09. The van der Waals surface area contributed by atoms with Crippen molar-refractivity contribution < 1.29 is 14.6 Å². The number of ether oxygens (including phenoxy) is 1. The highest BCUT2D eigenvalue weighted by Crippen LogP contribution is 2.37. The second-order valence-corrected chi connectivity index (χ2v) is 8.16. The highest BCUT2D eigenvalue weighted by molar-refractivity contribution is 9.10. The van der Waals surface area contributed by atoms with Gasteiger partial charge in [-0.25, -0.2) is 4.98 Å². The van der Waals surface area contributed by atoms with Crippen LogP contribution in [0.15, 0.2) is 58.4 Å². The molecule has 0 bridgehead atoms. The Hall–Kier alpha value is -2.18. The summed E-state index contributed by atoms with van der Waals surface area (Å²) >= 11 is 4.90. The lowest BCUT2D eigenvalue weighted by molar-refractivity contribution is -0.142. The second-order valence-electron chi connectivity index (χ2n) is 6.38. The van der Waals surface area contributed by atoms with Crippen LogP contribution in [0.4, 0.5) is 0 Å². The van der Waals surface area contributed by atoms with Crippen LogP contribution in [0.1, 0.15) is 25.1 Å². The van der Waals surface area contributed by atoms with Gasteiger partial charge < -0.3 is 9.84 Å². The molecule has 0 saturated carbocycles. The van der Waals surface area contributed by atoms with Crippen molar-refractivity contribution in [3.8, 4) is 16.3 Å². The summed E-state index contributed by atoms with van der Waals surface area (Å²) in [7, 11) is 0. The lowest BCUT2D eigenvalue weighted by Crippen LogP contribution is -2.28. The first-order valence-electron chi connectivity index (χ1n) is 8.04. The number of halogens is 1. The van der Waals surface area contributed by atoms with E-state index in [1.807, 2.05) is 48.5 Å². The summed E-state index contributed by atoms with van der Waals surface area (Å²) in [5, 5.41) is 11.9. The van der Waals surface area contributed by atoms with Crippen LogP contribution in [0.5, 0.6) is 5.75 Å². The number of nitrogens with zero attached hydrogens (tertiary/aromatic N) is 1. The SMILES string of the molecule is CC(C)(C(=O)O)c1csc(-c2cc(Br)ccc2OCc2ccccc2)n1. The van der Waals surface area contributed by atoms with E-state index >= 15 is 0 Å². The standard InChI is InChI=1S/C20H18BrNO3S/c1-20(2,19(23)24)17-12-26-18(22-17)15-10-14(21)8-9-16(15)25-11-13-6-4-3-5-7-13/h3-10,12H,11H2,1-2H3,(H,23,24). The monoisotopic (exact) mass is 431 g/mol. The Bertz CT molecular complexity index is 922. The Kier molecular flexibility index (Phi) is 5.44. The lowest BCUT2D eigenvalue weighted by Gasteiger charge is -2.16. The number of thiazole rings is 1. The molecule has 1 heterocycles. The van der Waals surface area contributed by atoms with Gasteiger partial charge in [-0.15, -0.1) is 11.3 Å². The zero-order valence-electron chi connectivity index (χ0n) is 14.4. The number of rotatable bonds is 6.